The van der Waals surface area contributed by atoms with E-state index in [0.29, 0.717) is 34.9 Å². The molecular formula is C24H20F3NO3. The van der Waals surface area contributed by atoms with Crippen molar-refractivity contribution in [3.8, 4) is 28.5 Å². The van der Waals surface area contributed by atoms with E-state index in [1.54, 1.807) is 12.1 Å². The first-order valence-corrected chi connectivity index (χ1v) is 9.65. The van der Waals surface area contributed by atoms with Crippen molar-refractivity contribution >= 4 is 21.7 Å². The Morgan fingerprint density at radius 2 is 1.45 bits per heavy atom. The van der Waals surface area contributed by atoms with E-state index in [4.69, 9.17) is 14.2 Å². The van der Waals surface area contributed by atoms with E-state index >= 15 is 0 Å². The molecule has 1 aromatic heterocycles. The third kappa shape index (κ3) is 3.83. The molecule has 0 spiro atoms. The average molecular weight is 427 g/mol. The van der Waals surface area contributed by atoms with Gasteiger partial charge in [0.2, 0.25) is 0 Å². The predicted octanol–water partition coefficient (Wildman–Crippen LogP) is 6.49. The van der Waals surface area contributed by atoms with Crippen LogP contribution in [-0.2, 0) is 6.18 Å². The Morgan fingerprint density at radius 3 is 2.03 bits per heavy atom. The van der Waals surface area contributed by atoms with Crippen LogP contribution in [0.3, 0.4) is 0 Å². The smallest absolute Gasteiger partial charge is 0.416 e. The zero-order valence-electron chi connectivity index (χ0n) is 17.2. The first kappa shape index (κ1) is 20.8. The Labute approximate surface area is 177 Å². The second-order valence-electron chi connectivity index (χ2n) is 6.90. The van der Waals surface area contributed by atoms with Crippen LogP contribution in [0, 0.1) is 0 Å². The molecule has 0 aliphatic heterocycles. The van der Waals surface area contributed by atoms with Gasteiger partial charge in [0, 0.05) is 16.3 Å². The molecule has 0 aliphatic rings. The van der Waals surface area contributed by atoms with E-state index in [1.165, 1.54) is 20.3 Å². The molecule has 0 amide bonds. The number of pyridine rings is 1. The van der Waals surface area contributed by atoms with Crippen molar-refractivity contribution in [3.05, 3.63) is 60.2 Å². The standard InChI is InChI=1S/C24H20F3NO3/c1-4-31-16-8-5-14(6-9-16)23-19-13-22(30-3)21(29-2)12-18(19)17-10-7-15(24(25,26)27)11-20(17)28-23/h5-13H,4H2,1-3H3. The summed E-state index contributed by atoms with van der Waals surface area (Å²) in [6.07, 6.45) is -4.46. The topological polar surface area (TPSA) is 40.6 Å². The lowest BCUT2D eigenvalue weighted by atomic mass is 9.98. The molecule has 0 saturated heterocycles. The molecule has 0 radical (unpaired) electrons. The van der Waals surface area contributed by atoms with Gasteiger partial charge in [-0.3, -0.25) is 0 Å². The van der Waals surface area contributed by atoms with Crippen LogP contribution in [0.4, 0.5) is 13.2 Å². The molecule has 4 aromatic rings. The SMILES string of the molecule is CCOc1ccc(-c2nc3cc(C(F)(F)F)ccc3c3cc(OC)c(OC)cc23)cc1. The number of nitrogens with zero attached hydrogens (tertiary/aromatic N) is 1. The molecule has 0 fully saturated rings. The van der Waals surface area contributed by atoms with Gasteiger partial charge in [0.15, 0.2) is 11.5 Å². The van der Waals surface area contributed by atoms with Crippen LogP contribution in [-0.4, -0.2) is 25.8 Å². The average Bonchev–Trinajstić information content (AvgIpc) is 2.77. The molecule has 0 bridgehead atoms. The second-order valence-corrected chi connectivity index (χ2v) is 6.90. The summed E-state index contributed by atoms with van der Waals surface area (Å²) in [5, 5.41) is 2.06. The normalized spacial score (nSPS) is 11.7. The largest absolute Gasteiger partial charge is 0.494 e. The minimum Gasteiger partial charge on any atom is -0.494 e. The van der Waals surface area contributed by atoms with E-state index in [0.717, 1.165) is 28.5 Å². The van der Waals surface area contributed by atoms with Gasteiger partial charge in [0.25, 0.3) is 0 Å². The molecule has 31 heavy (non-hydrogen) atoms. The Morgan fingerprint density at radius 1 is 0.806 bits per heavy atom. The summed E-state index contributed by atoms with van der Waals surface area (Å²) in [5.41, 5.74) is 0.800. The van der Waals surface area contributed by atoms with E-state index in [-0.39, 0.29) is 5.52 Å². The number of benzene rings is 3. The fourth-order valence-electron chi connectivity index (χ4n) is 3.60. The molecule has 7 heteroatoms. The van der Waals surface area contributed by atoms with Crippen LogP contribution in [0.15, 0.2) is 54.6 Å². The maximum atomic E-state index is 13.3. The molecule has 0 atom stereocenters. The first-order chi connectivity index (χ1) is 14.9. The molecule has 0 unspecified atom stereocenters. The van der Waals surface area contributed by atoms with E-state index < -0.39 is 11.7 Å². The van der Waals surface area contributed by atoms with Gasteiger partial charge in [0.05, 0.1) is 37.6 Å². The van der Waals surface area contributed by atoms with Gasteiger partial charge in [0.1, 0.15) is 5.75 Å². The summed E-state index contributed by atoms with van der Waals surface area (Å²) in [4.78, 5) is 4.62. The summed E-state index contributed by atoms with van der Waals surface area (Å²) in [5.74, 6) is 1.70. The van der Waals surface area contributed by atoms with Crippen molar-refractivity contribution in [1.29, 1.82) is 0 Å². The van der Waals surface area contributed by atoms with Gasteiger partial charge in [-0.15, -0.1) is 0 Å². The number of halogens is 3. The Hall–Kier alpha value is -3.48. The number of hydrogen-bond acceptors (Lipinski definition) is 4. The summed E-state index contributed by atoms with van der Waals surface area (Å²) < 4.78 is 56.3. The molecule has 4 rings (SSSR count). The first-order valence-electron chi connectivity index (χ1n) is 9.65. The molecule has 4 nitrogen and oxygen atoms in total. The van der Waals surface area contributed by atoms with Crippen molar-refractivity contribution in [2.24, 2.45) is 0 Å². The molecule has 0 saturated carbocycles. The molecule has 1 heterocycles. The molecule has 0 N–H and O–H groups in total. The molecule has 0 aliphatic carbocycles. The fraction of sp³-hybridized carbons (Fsp3) is 0.208. The summed E-state index contributed by atoms with van der Waals surface area (Å²) in [6.45, 7) is 2.43. The molecular weight excluding hydrogens is 407 g/mol. The minimum atomic E-state index is -4.46. The molecule has 160 valence electrons. The lowest BCUT2D eigenvalue weighted by Gasteiger charge is -2.15. The van der Waals surface area contributed by atoms with Gasteiger partial charge in [-0.25, -0.2) is 4.98 Å². The van der Waals surface area contributed by atoms with Gasteiger partial charge in [-0.05, 0) is 60.8 Å². The van der Waals surface area contributed by atoms with Crippen LogP contribution in [0.2, 0.25) is 0 Å². The number of fused-ring (bicyclic) bond motifs is 3. The Balaban J connectivity index is 2.05. The predicted molar refractivity (Wildman–Crippen MR) is 114 cm³/mol. The maximum absolute atomic E-state index is 13.3. The quantitative estimate of drug-likeness (QED) is 0.341. The highest BCUT2D eigenvalue weighted by atomic mass is 19.4. The third-order valence-corrected chi connectivity index (χ3v) is 5.07. The Bertz CT molecular complexity index is 1250. The number of methoxy groups -OCH3 is 2. The number of hydrogen-bond donors (Lipinski definition) is 0. The number of alkyl halides is 3. The van der Waals surface area contributed by atoms with E-state index in [1.807, 2.05) is 31.2 Å². The zero-order chi connectivity index (χ0) is 22.2. The van der Waals surface area contributed by atoms with Crippen molar-refractivity contribution in [2.45, 2.75) is 13.1 Å². The second kappa shape index (κ2) is 7.98. The van der Waals surface area contributed by atoms with Crippen LogP contribution in [0.1, 0.15) is 12.5 Å². The van der Waals surface area contributed by atoms with Gasteiger partial charge in [-0.1, -0.05) is 6.07 Å². The van der Waals surface area contributed by atoms with Gasteiger partial charge >= 0.3 is 6.18 Å². The summed E-state index contributed by atoms with van der Waals surface area (Å²) >= 11 is 0. The molecule has 3 aromatic carbocycles. The summed E-state index contributed by atoms with van der Waals surface area (Å²) in [6, 6.07) is 14.4. The third-order valence-electron chi connectivity index (χ3n) is 5.07. The van der Waals surface area contributed by atoms with Crippen molar-refractivity contribution in [2.75, 3.05) is 20.8 Å². The number of rotatable bonds is 5. The highest BCUT2D eigenvalue weighted by Crippen LogP contribution is 2.41. The zero-order valence-corrected chi connectivity index (χ0v) is 17.2. The summed E-state index contributed by atoms with van der Waals surface area (Å²) in [7, 11) is 3.05. The highest BCUT2D eigenvalue weighted by molar-refractivity contribution is 6.12. The minimum absolute atomic E-state index is 0.249. The van der Waals surface area contributed by atoms with Crippen molar-refractivity contribution < 1.29 is 27.4 Å². The van der Waals surface area contributed by atoms with Crippen molar-refractivity contribution in [3.63, 3.8) is 0 Å². The maximum Gasteiger partial charge on any atom is 0.416 e. The van der Waals surface area contributed by atoms with E-state index in [2.05, 4.69) is 4.98 Å². The van der Waals surface area contributed by atoms with Gasteiger partial charge < -0.3 is 14.2 Å². The van der Waals surface area contributed by atoms with Crippen LogP contribution < -0.4 is 14.2 Å². The number of ether oxygens (including phenoxy) is 3. The lowest BCUT2D eigenvalue weighted by Crippen LogP contribution is -2.05. The van der Waals surface area contributed by atoms with E-state index in [9.17, 15) is 13.2 Å². The number of aromatic nitrogens is 1. The van der Waals surface area contributed by atoms with Crippen LogP contribution in [0.25, 0.3) is 32.9 Å². The Kier molecular flexibility index (Phi) is 5.35. The lowest BCUT2D eigenvalue weighted by molar-refractivity contribution is -0.137. The van der Waals surface area contributed by atoms with Gasteiger partial charge in [-0.2, -0.15) is 13.2 Å². The van der Waals surface area contributed by atoms with Crippen LogP contribution in [0.5, 0.6) is 17.2 Å². The monoisotopic (exact) mass is 427 g/mol. The van der Waals surface area contributed by atoms with Crippen LogP contribution >= 0.6 is 0 Å². The highest BCUT2D eigenvalue weighted by Gasteiger charge is 2.31. The fourth-order valence-corrected chi connectivity index (χ4v) is 3.60. The van der Waals surface area contributed by atoms with Crippen molar-refractivity contribution in [1.82, 2.24) is 4.98 Å².